The van der Waals surface area contributed by atoms with Gasteiger partial charge in [0.05, 0.1) is 18.3 Å². The normalized spacial score (nSPS) is 11.1. The quantitative estimate of drug-likeness (QED) is 0.815. The van der Waals surface area contributed by atoms with Crippen LogP contribution in [0.15, 0.2) is 12.1 Å². The van der Waals surface area contributed by atoms with E-state index in [0.717, 1.165) is 29.0 Å². The molecule has 0 aliphatic carbocycles. The maximum atomic E-state index is 5.15. The van der Waals surface area contributed by atoms with Crippen LogP contribution in [-0.4, -0.2) is 22.1 Å². The fourth-order valence-corrected chi connectivity index (χ4v) is 1.74. The van der Waals surface area contributed by atoms with Crippen LogP contribution >= 0.6 is 0 Å². The van der Waals surface area contributed by atoms with Crippen molar-refractivity contribution in [2.24, 2.45) is 0 Å². The lowest BCUT2D eigenvalue weighted by molar-refractivity contribution is 0.399. The van der Waals surface area contributed by atoms with E-state index in [9.17, 15) is 0 Å². The molecular weight excluding hydrogens is 214 g/mol. The highest BCUT2D eigenvalue weighted by Crippen LogP contribution is 2.23. The molecule has 0 aromatic carbocycles. The van der Waals surface area contributed by atoms with Gasteiger partial charge < -0.3 is 4.74 Å². The lowest BCUT2D eigenvalue weighted by atomic mass is 10.1. The van der Waals surface area contributed by atoms with Crippen molar-refractivity contribution in [2.75, 3.05) is 7.11 Å². The first kappa shape index (κ1) is 11.8. The highest BCUT2D eigenvalue weighted by Gasteiger charge is 2.12. The zero-order valence-electron chi connectivity index (χ0n) is 10.7. The molecule has 0 spiro atoms. The van der Waals surface area contributed by atoms with Crippen LogP contribution in [0.4, 0.5) is 0 Å². The fraction of sp³-hybridized carbons (Fsp3) is 0.462. The number of hydrogen-bond donors (Lipinski definition) is 0. The fourth-order valence-electron chi connectivity index (χ4n) is 1.74. The highest BCUT2D eigenvalue weighted by molar-refractivity contribution is 5.77. The third kappa shape index (κ3) is 2.20. The van der Waals surface area contributed by atoms with Gasteiger partial charge in [-0.1, -0.05) is 20.8 Å². The maximum absolute atomic E-state index is 5.15. The topological polar surface area (TPSA) is 47.9 Å². The molecule has 0 amide bonds. The molecule has 0 radical (unpaired) electrons. The van der Waals surface area contributed by atoms with Crippen LogP contribution in [0, 0.1) is 0 Å². The number of nitrogens with zero attached hydrogens (tertiary/aromatic N) is 3. The maximum Gasteiger partial charge on any atom is 0.213 e. The minimum absolute atomic E-state index is 0.324. The Labute approximate surface area is 101 Å². The summed E-state index contributed by atoms with van der Waals surface area (Å²) in [7, 11) is 1.62. The first-order chi connectivity index (χ1) is 8.15. The Balaban J connectivity index is 2.72. The van der Waals surface area contributed by atoms with Gasteiger partial charge in [-0.25, -0.2) is 15.0 Å². The zero-order chi connectivity index (χ0) is 12.4. The van der Waals surface area contributed by atoms with Crippen LogP contribution < -0.4 is 4.74 Å². The van der Waals surface area contributed by atoms with Crippen molar-refractivity contribution >= 4 is 11.0 Å². The highest BCUT2D eigenvalue weighted by atomic mass is 16.5. The standard InChI is InChI=1S/C13H17N3O/c1-5-10-14-9-6-7-11(17-4)16-13(9)12(15-10)8(2)3/h6-8H,5H2,1-4H3. The minimum Gasteiger partial charge on any atom is -0.481 e. The van der Waals surface area contributed by atoms with Crippen molar-refractivity contribution in [3.8, 4) is 5.88 Å². The second kappa shape index (κ2) is 4.65. The van der Waals surface area contributed by atoms with E-state index in [1.807, 2.05) is 12.1 Å². The molecule has 2 aromatic rings. The molecule has 0 atom stereocenters. The summed E-state index contributed by atoms with van der Waals surface area (Å²) in [6, 6.07) is 3.77. The Morgan fingerprint density at radius 3 is 2.53 bits per heavy atom. The number of aryl methyl sites for hydroxylation is 1. The van der Waals surface area contributed by atoms with Crippen LogP contribution in [0.3, 0.4) is 0 Å². The molecule has 4 nitrogen and oxygen atoms in total. The van der Waals surface area contributed by atoms with E-state index >= 15 is 0 Å². The Kier molecular flexibility index (Phi) is 3.22. The number of methoxy groups -OCH3 is 1. The van der Waals surface area contributed by atoms with E-state index in [1.54, 1.807) is 7.11 Å². The van der Waals surface area contributed by atoms with Crippen molar-refractivity contribution in [1.29, 1.82) is 0 Å². The lowest BCUT2D eigenvalue weighted by Crippen LogP contribution is -2.03. The summed E-state index contributed by atoms with van der Waals surface area (Å²) in [5.74, 6) is 1.80. The van der Waals surface area contributed by atoms with E-state index in [1.165, 1.54) is 0 Å². The van der Waals surface area contributed by atoms with Crippen LogP contribution in [0.5, 0.6) is 5.88 Å². The third-order valence-electron chi connectivity index (χ3n) is 2.66. The molecule has 0 saturated carbocycles. The van der Waals surface area contributed by atoms with E-state index < -0.39 is 0 Å². The van der Waals surface area contributed by atoms with Crippen LogP contribution in [0.1, 0.15) is 38.2 Å². The predicted octanol–water partition coefficient (Wildman–Crippen LogP) is 2.72. The first-order valence-corrected chi connectivity index (χ1v) is 5.87. The van der Waals surface area contributed by atoms with E-state index in [0.29, 0.717) is 11.8 Å². The summed E-state index contributed by atoms with van der Waals surface area (Å²) in [6.07, 6.45) is 0.835. The second-order valence-electron chi connectivity index (χ2n) is 4.25. The molecule has 0 N–H and O–H groups in total. The van der Waals surface area contributed by atoms with Gasteiger partial charge in [-0.05, 0) is 12.0 Å². The van der Waals surface area contributed by atoms with Crippen molar-refractivity contribution in [1.82, 2.24) is 15.0 Å². The summed E-state index contributed by atoms with van der Waals surface area (Å²) in [5, 5.41) is 0. The summed E-state index contributed by atoms with van der Waals surface area (Å²) in [4.78, 5) is 13.5. The van der Waals surface area contributed by atoms with Crippen LogP contribution in [0.2, 0.25) is 0 Å². The number of aromatic nitrogens is 3. The van der Waals surface area contributed by atoms with Gasteiger partial charge >= 0.3 is 0 Å². The van der Waals surface area contributed by atoms with Gasteiger partial charge in [0.2, 0.25) is 5.88 Å². The van der Waals surface area contributed by atoms with Gasteiger partial charge in [0.15, 0.2) is 0 Å². The zero-order valence-corrected chi connectivity index (χ0v) is 10.7. The van der Waals surface area contributed by atoms with E-state index in [-0.39, 0.29) is 0 Å². The first-order valence-electron chi connectivity index (χ1n) is 5.87. The van der Waals surface area contributed by atoms with Crippen molar-refractivity contribution in [3.63, 3.8) is 0 Å². The average molecular weight is 231 g/mol. The number of hydrogen-bond acceptors (Lipinski definition) is 4. The largest absolute Gasteiger partial charge is 0.481 e. The van der Waals surface area contributed by atoms with Gasteiger partial charge in [-0.15, -0.1) is 0 Å². The smallest absolute Gasteiger partial charge is 0.213 e. The SMILES string of the molecule is CCc1nc(C(C)C)c2nc(OC)ccc2n1. The molecule has 2 rings (SSSR count). The second-order valence-corrected chi connectivity index (χ2v) is 4.25. The molecule has 0 aliphatic rings. The Morgan fingerprint density at radius 1 is 1.18 bits per heavy atom. The Hall–Kier alpha value is -1.71. The molecule has 0 saturated heterocycles. The van der Waals surface area contributed by atoms with Crippen molar-refractivity contribution in [2.45, 2.75) is 33.1 Å². The monoisotopic (exact) mass is 231 g/mol. The summed E-state index contributed by atoms with van der Waals surface area (Å²) in [6.45, 7) is 6.28. The molecule has 90 valence electrons. The van der Waals surface area contributed by atoms with Crippen molar-refractivity contribution in [3.05, 3.63) is 23.7 Å². The number of ether oxygens (including phenoxy) is 1. The number of fused-ring (bicyclic) bond motifs is 1. The summed E-state index contributed by atoms with van der Waals surface area (Å²) >= 11 is 0. The Morgan fingerprint density at radius 2 is 1.94 bits per heavy atom. The van der Waals surface area contributed by atoms with Gasteiger partial charge in [0, 0.05) is 12.5 Å². The van der Waals surface area contributed by atoms with E-state index in [2.05, 4.69) is 35.7 Å². The van der Waals surface area contributed by atoms with Gasteiger partial charge in [-0.2, -0.15) is 0 Å². The van der Waals surface area contributed by atoms with Crippen molar-refractivity contribution < 1.29 is 4.74 Å². The lowest BCUT2D eigenvalue weighted by Gasteiger charge is -2.10. The van der Waals surface area contributed by atoms with Gasteiger partial charge in [-0.3, -0.25) is 0 Å². The molecule has 2 aromatic heterocycles. The molecule has 4 heteroatoms. The number of rotatable bonds is 3. The molecule has 0 fully saturated rings. The molecule has 0 unspecified atom stereocenters. The minimum atomic E-state index is 0.324. The molecular formula is C13H17N3O. The molecule has 2 heterocycles. The average Bonchev–Trinajstić information content (AvgIpc) is 2.36. The molecule has 0 aliphatic heterocycles. The summed E-state index contributed by atoms with van der Waals surface area (Å²) in [5.41, 5.74) is 2.73. The third-order valence-corrected chi connectivity index (χ3v) is 2.66. The molecule has 17 heavy (non-hydrogen) atoms. The van der Waals surface area contributed by atoms with Gasteiger partial charge in [0.1, 0.15) is 11.3 Å². The van der Waals surface area contributed by atoms with Gasteiger partial charge in [0.25, 0.3) is 0 Å². The predicted molar refractivity (Wildman–Crippen MR) is 67.4 cm³/mol. The van der Waals surface area contributed by atoms with Crippen LogP contribution in [-0.2, 0) is 6.42 Å². The summed E-state index contributed by atoms with van der Waals surface area (Å²) < 4.78 is 5.15. The van der Waals surface area contributed by atoms with E-state index in [4.69, 9.17) is 4.74 Å². The van der Waals surface area contributed by atoms with Crippen LogP contribution in [0.25, 0.3) is 11.0 Å². The molecule has 0 bridgehead atoms. The number of pyridine rings is 1. The Bertz CT molecular complexity index is 537.